The molecule has 0 aliphatic carbocycles. The van der Waals surface area contributed by atoms with E-state index in [1.807, 2.05) is 16.9 Å². The van der Waals surface area contributed by atoms with E-state index in [4.69, 9.17) is 0 Å². The first-order chi connectivity index (χ1) is 9.06. The maximum Gasteiger partial charge on any atom is 0.248 e. The zero-order valence-corrected chi connectivity index (χ0v) is 12.0. The van der Waals surface area contributed by atoms with Gasteiger partial charge in [-0.15, -0.1) is 0 Å². The number of aromatic nitrogens is 2. The molecule has 1 saturated heterocycles. The zero-order chi connectivity index (χ0) is 13.9. The van der Waals surface area contributed by atoms with Gasteiger partial charge in [-0.1, -0.05) is 13.8 Å². The molecule has 1 aromatic heterocycles. The third-order valence-corrected chi connectivity index (χ3v) is 4.16. The molecular weight excluding hydrogens is 240 g/mol. The average Bonchev–Trinajstić information content (AvgIpc) is 2.93. The lowest BCUT2D eigenvalue weighted by Gasteiger charge is -2.37. The Labute approximate surface area is 114 Å². The number of carbonyl (C=O) groups excluding carboxylic acids is 1. The minimum Gasteiger partial charge on any atom is -0.351 e. The van der Waals surface area contributed by atoms with Crippen LogP contribution >= 0.6 is 0 Å². The number of hydrogen-bond acceptors (Lipinski definition) is 3. The van der Waals surface area contributed by atoms with Crippen molar-refractivity contribution in [2.45, 2.75) is 45.2 Å². The first-order valence-electron chi connectivity index (χ1n) is 7.08. The van der Waals surface area contributed by atoms with E-state index in [1.165, 1.54) is 0 Å². The van der Waals surface area contributed by atoms with Gasteiger partial charge in [0.25, 0.3) is 0 Å². The molecule has 5 heteroatoms. The van der Waals surface area contributed by atoms with Crippen molar-refractivity contribution in [1.82, 2.24) is 20.4 Å². The summed E-state index contributed by atoms with van der Waals surface area (Å²) < 4.78 is 1.83. The van der Waals surface area contributed by atoms with Crippen LogP contribution in [0, 0.1) is 5.92 Å². The van der Waals surface area contributed by atoms with Gasteiger partial charge in [0, 0.05) is 18.4 Å². The third kappa shape index (κ3) is 2.81. The van der Waals surface area contributed by atoms with E-state index in [0.29, 0.717) is 5.92 Å². The summed E-state index contributed by atoms with van der Waals surface area (Å²) in [4.78, 5) is 12.7. The van der Waals surface area contributed by atoms with Crippen LogP contribution in [0.5, 0.6) is 0 Å². The molecule has 2 N–H and O–H groups in total. The summed E-state index contributed by atoms with van der Waals surface area (Å²) in [5.41, 5.74) is -0.530. The molecule has 0 saturated carbocycles. The largest absolute Gasteiger partial charge is 0.351 e. The molecule has 106 valence electrons. The molecule has 5 nitrogen and oxygen atoms in total. The second-order valence-electron chi connectivity index (χ2n) is 5.74. The Morgan fingerprint density at radius 3 is 2.58 bits per heavy atom. The maximum absolute atomic E-state index is 12.7. The fraction of sp³-hybridized carbons (Fsp3) is 0.714. The summed E-state index contributed by atoms with van der Waals surface area (Å²) >= 11 is 0. The van der Waals surface area contributed by atoms with Gasteiger partial charge in [-0.05, 0) is 44.8 Å². The summed E-state index contributed by atoms with van der Waals surface area (Å²) in [6.07, 6.45) is 5.20. The Morgan fingerprint density at radius 1 is 1.37 bits per heavy atom. The maximum atomic E-state index is 12.7. The number of carbonyl (C=O) groups is 1. The molecule has 1 aliphatic heterocycles. The van der Waals surface area contributed by atoms with Gasteiger partial charge in [0.1, 0.15) is 5.54 Å². The molecule has 0 radical (unpaired) electrons. The first-order valence-corrected chi connectivity index (χ1v) is 7.08. The van der Waals surface area contributed by atoms with Crippen LogP contribution in [0.25, 0.3) is 0 Å². The lowest BCUT2D eigenvalue weighted by molar-refractivity contribution is -0.133. The van der Waals surface area contributed by atoms with Crippen molar-refractivity contribution in [1.29, 1.82) is 0 Å². The highest BCUT2D eigenvalue weighted by molar-refractivity contribution is 5.84. The summed E-state index contributed by atoms with van der Waals surface area (Å²) in [7, 11) is 0. The molecule has 0 spiro atoms. The summed E-state index contributed by atoms with van der Waals surface area (Å²) in [6, 6.07) is 2.05. The Balaban J connectivity index is 2.21. The molecule has 2 rings (SSSR count). The normalized spacial score (nSPS) is 20.2. The molecule has 1 aliphatic rings. The Kier molecular flexibility index (Phi) is 4.24. The Bertz CT molecular complexity index is 407. The quantitative estimate of drug-likeness (QED) is 0.857. The van der Waals surface area contributed by atoms with Gasteiger partial charge in [-0.25, -0.2) is 0 Å². The van der Waals surface area contributed by atoms with E-state index in [9.17, 15) is 4.79 Å². The molecular formula is C14H24N4O. The molecule has 1 amide bonds. The SMILES string of the molecule is CC(C)C(C)NC(=O)C1(n2cccn2)CCNCC1. The minimum atomic E-state index is -0.530. The Morgan fingerprint density at radius 2 is 2.05 bits per heavy atom. The van der Waals surface area contributed by atoms with Gasteiger partial charge < -0.3 is 10.6 Å². The highest BCUT2D eigenvalue weighted by atomic mass is 16.2. The van der Waals surface area contributed by atoms with Crippen molar-refractivity contribution < 1.29 is 4.79 Å². The second kappa shape index (κ2) is 5.74. The van der Waals surface area contributed by atoms with Crippen molar-refractivity contribution in [3.8, 4) is 0 Å². The van der Waals surface area contributed by atoms with Crippen molar-refractivity contribution in [3.63, 3.8) is 0 Å². The van der Waals surface area contributed by atoms with Crippen LogP contribution in [-0.2, 0) is 10.3 Å². The van der Waals surface area contributed by atoms with Gasteiger partial charge in [0.2, 0.25) is 5.91 Å². The average molecular weight is 264 g/mol. The van der Waals surface area contributed by atoms with Crippen molar-refractivity contribution in [2.24, 2.45) is 5.92 Å². The molecule has 0 bridgehead atoms. The molecule has 1 aromatic rings. The fourth-order valence-electron chi connectivity index (χ4n) is 2.43. The van der Waals surface area contributed by atoms with Crippen LogP contribution in [-0.4, -0.2) is 34.8 Å². The third-order valence-electron chi connectivity index (χ3n) is 4.16. The van der Waals surface area contributed by atoms with E-state index >= 15 is 0 Å². The lowest BCUT2D eigenvalue weighted by Crippen LogP contribution is -2.56. The van der Waals surface area contributed by atoms with Crippen molar-refractivity contribution in [2.75, 3.05) is 13.1 Å². The van der Waals surface area contributed by atoms with Crippen molar-refractivity contribution in [3.05, 3.63) is 18.5 Å². The van der Waals surface area contributed by atoms with Crippen LogP contribution < -0.4 is 10.6 Å². The molecule has 1 atom stereocenters. The number of piperidine rings is 1. The van der Waals surface area contributed by atoms with E-state index < -0.39 is 5.54 Å². The topological polar surface area (TPSA) is 59.0 Å². The minimum absolute atomic E-state index is 0.0962. The number of rotatable bonds is 4. The zero-order valence-electron chi connectivity index (χ0n) is 12.0. The smallest absolute Gasteiger partial charge is 0.248 e. The van der Waals surface area contributed by atoms with Crippen LogP contribution in [0.15, 0.2) is 18.5 Å². The van der Waals surface area contributed by atoms with E-state index in [2.05, 4.69) is 36.5 Å². The van der Waals surface area contributed by atoms with Crippen LogP contribution in [0.4, 0.5) is 0 Å². The van der Waals surface area contributed by atoms with Crippen LogP contribution in [0.2, 0.25) is 0 Å². The number of nitrogens with one attached hydrogen (secondary N) is 2. The van der Waals surface area contributed by atoms with E-state index in [0.717, 1.165) is 25.9 Å². The predicted molar refractivity (Wildman–Crippen MR) is 74.7 cm³/mol. The molecule has 1 unspecified atom stereocenters. The molecule has 2 heterocycles. The second-order valence-corrected chi connectivity index (χ2v) is 5.74. The number of hydrogen-bond donors (Lipinski definition) is 2. The lowest BCUT2D eigenvalue weighted by atomic mass is 9.86. The summed E-state index contributed by atoms with van der Waals surface area (Å²) in [6.45, 7) is 8.00. The van der Waals surface area contributed by atoms with Crippen LogP contribution in [0.1, 0.15) is 33.6 Å². The van der Waals surface area contributed by atoms with Gasteiger partial charge in [-0.3, -0.25) is 9.48 Å². The van der Waals surface area contributed by atoms with Gasteiger partial charge >= 0.3 is 0 Å². The summed E-state index contributed by atoms with van der Waals surface area (Å²) in [5.74, 6) is 0.527. The summed E-state index contributed by atoms with van der Waals surface area (Å²) in [5, 5.41) is 10.8. The highest BCUT2D eigenvalue weighted by Crippen LogP contribution is 2.27. The molecule has 19 heavy (non-hydrogen) atoms. The van der Waals surface area contributed by atoms with Crippen molar-refractivity contribution >= 4 is 5.91 Å². The van der Waals surface area contributed by atoms with Gasteiger partial charge in [0.05, 0.1) is 0 Å². The first kappa shape index (κ1) is 14.1. The van der Waals surface area contributed by atoms with Gasteiger partial charge in [0.15, 0.2) is 0 Å². The monoisotopic (exact) mass is 264 g/mol. The van der Waals surface area contributed by atoms with Crippen LogP contribution in [0.3, 0.4) is 0 Å². The number of nitrogens with zero attached hydrogens (tertiary/aromatic N) is 2. The standard InChI is InChI=1S/C14H24N4O/c1-11(2)12(3)17-13(19)14(5-8-15-9-6-14)18-10-4-7-16-18/h4,7,10-12,15H,5-6,8-9H2,1-3H3,(H,17,19). The highest BCUT2D eigenvalue weighted by Gasteiger charge is 2.42. The number of amides is 1. The van der Waals surface area contributed by atoms with E-state index in [1.54, 1.807) is 6.20 Å². The Hall–Kier alpha value is -1.36. The van der Waals surface area contributed by atoms with E-state index in [-0.39, 0.29) is 11.9 Å². The fourth-order valence-corrected chi connectivity index (χ4v) is 2.43. The molecule has 1 fully saturated rings. The van der Waals surface area contributed by atoms with Gasteiger partial charge in [-0.2, -0.15) is 5.10 Å². The molecule has 0 aromatic carbocycles. The predicted octanol–water partition coefficient (Wildman–Crippen LogP) is 1.12.